The molecule has 0 radical (unpaired) electrons. The second-order valence-corrected chi connectivity index (χ2v) is 17.8. The number of hydrogen-bond acceptors (Lipinski definition) is 21. The highest BCUT2D eigenvalue weighted by atomic mass is 79.9. The molecular formula is C29H32BrN11O12S4. The summed E-state index contributed by atoms with van der Waals surface area (Å²) < 4.78 is 65.9. The maximum absolute atomic E-state index is 10.9. The number of anilines is 2. The van der Waals surface area contributed by atoms with E-state index in [0.717, 1.165) is 42.1 Å². The van der Waals surface area contributed by atoms with Crippen LogP contribution in [0.25, 0.3) is 0 Å². The Morgan fingerprint density at radius 2 is 0.965 bits per heavy atom. The van der Waals surface area contributed by atoms with Crippen LogP contribution in [0.2, 0.25) is 0 Å². The summed E-state index contributed by atoms with van der Waals surface area (Å²) in [5.74, 6) is 5.07. The predicted molar refractivity (Wildman–Crippen MR) is 212 cm³/mol. The lowest BCUT2D eigenvalue weighted by molar-refractivity contribution is -0.385. The van der Waals surface area contributed by atoms with E-state index < -0.39 is 44.3 Å². The van der Waals surface area contributed by atoms with Gasteiger partial charge in [0.1, 0.15) is 23.2 Å². The van der Waals surface area contributed by atoms with Crippen molar-refractivity contribution in [1.82, 2.24) is 24.9 Å². The normalized spacial score (nSPS) is 10.6. The Balaban J connectivity index is 0.000000357. The third-order valence-electron chi connectivity index (χ3n) is 5.80. The molecule has 23 nitrogen and oxygen atoms in total. The molecule has 0 aliphatic rings. The Morgan fingerprint density at radius 1 is 0.579 bits per heavy atom. The van der Waals surface area contributed by atoms with E-state index in [0.29, 0.717) is 16.0 Å². The molecular weight excluding hydrogens is 903 g/mol. The van der Waals surface area contributed by atoms with Gasteiger partial charge in [0, 0.05) is 37.0 Å². The Morgan fingerprint density at radius 3 is 1.25 bits per heavy atom. The van der Waals surface area contributed by atoms with Crippen molar-refractivity contribution in [2.75, 3.05) is 36.2 Å². The predicted octanol–water partition coefficient (Wildman–Crippen LogP) is 3.70. The Hall–Kier alpha value is -5.81. The van der Waals surface area contributed by atoms with Gasteiger partial charge in [-0.05, 0) is 64.7 Å². The average Bonchev–Trinajstić information content (AvgIpc) is 3.15. The number of nitro groups is 3. The number of aromatic nitrogens is 5. The van der Waals surface area contributed by atoms with Crippen molar-refractivity contribution in [2.45, 2.75) is 20.1 Å². The van der Waals surface area contributed by atoms with Gasteiger partial charge in [-0.1, -0.05) is 0 Å². The summed E-state index contributed by atoms with van der Waals surface area (Å²) in [5, 5.41) is 31.1. The molecule has 0 saturated heterocycles. The SMILES string of the molecule is CS(=O)(=O)c1ccc(N)cn1.CS(=O)(=O)c1ccc(NN)cn1.CS(=O)(=O)c1ccc([N+](=O)[O-])cn1.CSc1ccc([N+](=O)[O-])cn1.O=[N+]([O-])c1ccc(Br)nc1. The molecule has 0 bridgehead atoms. The van der Waals surface area contributed by atoms with E-state index >= 15 is 0 Å². The van der Waals surface area contributed by atoms with Crippen molar-refractivity contribution in [3.63, 3.8) is 0 Å². The van der Waals surface area contributed by atoms with Crippen molar-refractivity contribution in [2.24, 2.45) is 5.84 Å². The molecule has 28 heteroatoms. The number of thioether (sulfide) groups is 1. The van der Waals surface area contributed by atoms with Crippen LogP contribution in [-0.4, -0.2) is 90.0 Å². The molecule has 5 aromatic heterocycles. The molecule has 0 aliphatic carbocycles. The van der Waals surface area contributed by atoms with Crippen LogP contribution in [0.15, 0.2) is 116 Å². The Kier molecular flexibility index (Phi) is 19.6. The van der Waals surface area contributed by atoms with E-state index in [1.54, 1.807) is 12.1 Å². The lowest BCUT2D eigenvalue weighted by Crippen LogP contribution is -2.08. The molecule has 5 heterocycles. The molecule has 0 atom stereocenters. The lowest BCUT2D eigenvalue weighted by atomic mass is 10.4. The van der Waals surface area contributed by atoms with Crippen molar-refractivity contribution in [3.05, 3.63) is 127 Å². The van der Waals surface area contributed by atoms with E-state index in [1.807, 2.05) is 6.26 Å². The zero-order valence-electron chi connectivity index (χ0n) is 29.8. The molecule has 0 unspecified atom stereocenters. The largest absolute Gasteiger partial charge is 0.397 e. The second-order valence-electron chi connectivity index (χ2n) is 10.3. The van der Waals surface area contributed by atoms with Gasteiger partial charge >= 0.3 is 0 Å². The molecule has 57 heavy (non-hydrogen) atoms. The van der Waals surface area contributed by atoms with Crippen molar-refractivity contribution >= 4 is 85.6 Å². The minimum Gasteiger partial charge on any atom is -0.397 e. The minimum atomic E-state index is -3.38. The number of nitrogens with zero attached hydrogens (tertiary/aromatic N) is 8. The number of nitrogens with two attached hydrogens (primary N) is 2. The third kappa shape index (κ3) is 19.1. The summed E-state index contributed by atoms with van der Waals surface area (Å²) in [6.45, 7) is 0. The fourth-order valence-electron chi connectivity index (χ4n) is 3.07. The van der Waals surface area contributed by atoms with E-state index in [-0.39, 0.29) is 32.1 Å². The highest BCUT2D eigenvalue weighted by Crippen LogP contribution is 2.15. The highest BCUT2D eigenvalue weighted by Gasteiger charge is 2.12. The quantitative estimate of drug-likeness (QED) is 0.0656. The summed E-state index contributed by atoms with van der Waals surface area (Å²) >= 11 is 4.52. The van der Waals surface area contributed by atoms with Crippen molar-refractivity contribution in [1.29, 1.82) is 0 Å². The van der Waals surface area contributed by atoms with Crippen LogP contribution in [0.3, 0.4) is 0 Å². The monoisotopic (exact) mass is 933 g/mol. The Bertz CT molecular complexity index is 2430. The van der Waals surface area contributed by atoms with E-state index in [4.69, 9.17) is 11.6 Å². The van der Waals surface area contributed by atoms with Gasteiger partial charge in [0.25, 0.3) is 17.1 Å². The van der Waals surface area contributed by atoms with Crippen LogP contribution in [-0.2, 0) is 29.5 Å². The number of nitrogen functional groups attached to an aromatic ring is 2. The van der Waals surface area contributed by atoms with E-state index in [2.05, 4.69) is 46.3 Å². The number of rotatable bonds is 8. The van der Waals surface area contributed by atoms with Gasteiger partial charge in [0.15, 0.2) is 44.6 Å². The smallest absolute Gasteiger partial charge is 0.287 e. The lowest BCUT2D eigenvalue weighted by Gasteiger charge is -1.99. The van der Waals surface area contributed by atoms with Gasteiger partial charge in [0.2, 0.25) is 0 Å². The number of nitrogens with one attached hydrogen (secondary N) is 1. The molecule has 0 spiro atoms. The zero-order chi connectivity index (χ0) is 43.6. The molecule has 0 fully saturated rings. The first kappa shape index (κ1) is 49.2. The first-order valence-corrected chi connectivity index (χ1v) is 22.3. The molecule has 306 valence electrons. The molecule has 5 aromatic rings. The summed E-state index contributed by atoms with van der Waals surface area (Å²) in [7, 11) is -9.77. The van der Waals surface area contributed by atoms with Crippen LogP contribution in [0.5, 0.6) is 0 Å². The maximum Gasteiger partial charge on any atom is 0.287 e. The third-order valence-corrected chi connectivity index (χ3v) is 9.93. The van der Waals surface area contributed by atoms with Crippen LogP contribution in [0, 0.1) is 30.3 Å². The van der Waals surface area contributed by atoms with E-state index in [1.165, 1.54) is 72.9 Å². The molecule has 0 aromatic carbocycles. The molecule has 5 N–H and O–H groups in total. The molecule has 0 amide bonds. The van der Waals surface area contributed by atoms with Crippen LogP contribution in [0.1, 0.15) is 0 Å². The number of pyridine rings is 5. The summed E-state index contributed by atoms with van der Waals surface area (Å²) in [6, 6.07) is 14.0. The summed E-state index contributed by atoms with van der Waals surface area (Å²) in [6.07, 6.45) is 11.1. The first-order valence-electron chi connectivity index (χ1n) is 14.6. The van der Waals surface area contributed by atoms with Gasteiger partial charge < -0.3 is 11.2 Å². The number of sulfone groups is 3. The maximum atomic E-state index is 10.9. The highest BCUT2D eigenvalue weighted by molar-refractivity contribution is 9.10. The summed E-state index contributed by atoms with van der Waals surface area (Å²) in [4.78, 5) is 47.1. The average molecular weight is 935 g/mol. The van der Waals surface area contributed by atoms with Crippen molar-refractivity contribution < 1.29 is 40.0 Å². The molecule has 0 aliphatic heterocycles. The van der Waals surface area contributed by atoms with E-state index in [9.17, 15) is 55.6 Å². The number of hydrogen-bond donors (Lipinski definition) is 3. The van der Waals surface area contributed by atoms with Gasteiger partial charge in [-0.15, -0.1) is 11.8 Å². The van der Waals surface area contributed by atoms with Crippen LogP contribution < -0.4 is 17.0 Å². The summed E-state index contributed by atoms with van der Waals surface area (Å²) in [5.41, 5.74) is 8.49. The standard InChI is InChI=1S/C6H9N3O2S.C6H6N2O4S.C6H8N2O2S.C6H6N2O2S.C5H3BrN2O2/c1-12(10,11)6-3-2-5(9-7)4-8-6;1-13(11,12)6-3-2-5(4-7-6)8(9)10;1-11(9,10)6-3-2-5(7)4-8-6;1-11-6-3-2-5(4-7-6)8(9)10;6-5-2-1-4(3-7-5)8(9)10/h2-4,9H,7H2,1H3;2-4H,1H3;2-4H,7H2,1H3;2-4H,1H3;1-3H. The molecule has 5 rings (SSSR count). The topological polar surface area (TPSA) is 360 Å². The zero-order valence-corrected chi connectivity index (χ0v) is 34.7. The van der Waals surface area contributed by atoms with Gasteiger partial charge in [-0.3, -0.25) is 36.2 Å². The van der Waals surface area contributed by atoms with Crippen LogP contribution >= 0.6 is 27.7 Å². The van der Waals surface area contributed by atoms with Gasteiger partial charge in [-0.2, -0.15) is 0 Å². The van der Waals surface area contributed by atoms with Gasteiger partial charge in [-0.25, -0.2) is 50.2 Å². The second kappa shape index (κ2) is 22.7. The molecule has 0 saturated carbocycles. The first-order chi connectivity index (χ1) is 26.4. The number of hydrazine groups is 1. The number of halogens is 1. The van der Waals surface area contributed by atoms with Crippen LogP contribution in [0.4, 0.5) is 28.4 Å². The Labute approximate surface area is 337 Å². The van der Waals surface area contributed by atoms with Crippen molar-refractivity contribution in [3.8, 4) is 0 Å². The minimum absolute atomic E-state index is 0.00296. The fraction of sp³-hybridized carbons (Fsp3) is 0.138. The van der Waals surface area contributed by atoms with Gasteiger partial charge in [0.05, 0.1) is 43.6 Å². The fourth-order valence-corrected chi connectivity index (χ4v) is 5.35.